The number of amides is 2. The van der Waals surface area contributed by atoms with Crippen molar-refractivity contribution in [3.05, 3.63) is 131 Å². The Morgan fingerprint density at radius 3 is 1.83 bits per heavy atom. The lowest BCUT2D eigenvalue weighted by Gasteiger charge is -2.34. The van der Waals surface area contributed by atoms with Crippen molar-refractivity contribution in [2.75, 3.05) is 10.8 Å². The average molecular weight is 604 g/mol. The lowest BCUT2D eigenvalue weighted by Crippen LogP contribution is -2.54. The molecule has 0 aliphatic carbocycles. The molecular formula is C33H34ClN3O4S. The van der Waals surface area contributed by atoms with Crippen molar-refractivity contribution < 1.29 is 18.0 Å². The second-order valence-corrected chi connectivity index (χ2v) is 12.5. The maximum Gasteiger partial charge on any atom is 0.264 e. The van der Waals surface area contributed by atoms with Gasteiger partial charge < -0.3 is 10.2 Å². The van der Waals surface area contributed by atoms with E-state index in [4.69, 9.17) is 11.6 Å². The van der Waals surface area contributed by atoms with Crippen molar-refractivity contribution in [1.82, 2.24) is 10.2 Å². The molecule has 0 saturated heterocycles. The minimum Gasteiger partial charge on any atom is -0.352 e. The van der Waals surface area contributed by atoms with E-state index in [1.54, 1.807) is 30.3 Å². The predicted molar refractivity (Wildman–Crippen MR) is 167 cm³/mol. The fourth-order valence-electron chi connectivity index (χ4n) is 4.57. The molecule has 4 aromatic carbocycles. The van der Waals surface area contributed by atoms with E-state index in [0.29, 0.717) is 10.7 Å². The monoisotopic (exact) mass is 603 g/mol. The third-order valence-corrected chi connectivity index (χ3v) is 8.66. The van der Waals surface area contributed by atoms with Gasteiger partial charge in [0, 0.05) is 24.0 Å². The van der Waals surface area contributed by atoms with Gasteiger partial charge in [0.25, 0.3) is 10.0 Å². The van der Waals surface area contributed by atoms with E-state index in [1.807, 2.05) is 74.5 Å². The zero-order chi connectivity index (χ0) is 30.1. The first-order valence-corrected chi connectivity index (χ1v) is 15.5. The third kappa shape index (κ3) is 7.99. The Morgan fingerprint density at radius 1 is 0.762 bits per heavy atom. The Labute approximate surface area is 252 Å². The second-order valence-electron chi connectivity index (χ2n) is 10.2. The molecule has 1 atom stereocenters. The van der Waals surface area contributed by atoms with E-state index in [0.717, 1.165) is 15.4 Å². The highest BCUT2D eigenvalue weighted by Crippen LogP contribution is 2.26. The molecule has 42 heavy (non-hydrogen) atoms. The number of nitrogens with one attached hydrogen (secondary N) is 1. The smallest absolute Gasteiger partial charge is 0.264 e. The number of benzene rings is 4. The summed E-state index contributed by atoms with van der Waals surface area (Å²) in [6.45, 7) is 3.32. The van der Waals surface area contributed by atoms with Gasteiger partial charge in [0.15, 0.2) is 0 Å². The minimum atomic E-state index is -4.17. The number of anilines is 1. The molecule has 0 unspecified atom stereocenters. The summed E-state index contributed by atoms with van der Waals surface area (Å²) in [7, 11) is -4.17. The molecule has 0 bridgehead atoms. The number of carbonyl (C=O) groups excluding carboxylic acids is 2. The van der Waals surface area contributed by atoms with Gasteiger partial charge >= 0.3 is 0 Å². The summed E-state index contributed by atoms with van der Waals surface area (Å²) in [4.78, 5) is 29.4. The fraction of sp³-hybridized carbons (Fsp3) is 0.212. The molecule has 0 heterocycles. The first kappa shape index (κ1) is 30.8. The maximum absolute atomic E-state index is 14.3. The summed E-state index contributed by atoms with van der Waals surface area (Å²) in [5.41, 5.74) is 2.01. The Bertz CT molecular complexity index is 1570. The minimum absolute atomic E-state index is 0.00320. The van der Waals surface area contributed by atoms with Gasteiger partial charge in [-0.2, -0.15) is 0 Å². The molecule has 7 nitrogen and oxygen atoms in total. The van der Waals surface area contributed by atoms with Gasteiger partial charge in [-0.1, -0.05) is 90.5 Å². The summed E-state index contributed by atoms with van der Waals surface area (Å²) in [6, 6.07) is 32.0. The second kappa shape index (κ2) is 14.2. The number of para-hydroxylation sites is 1. The molecule has 0 fully saturated rings. The van der Waals surface area contributed by atoms with Gasteiger partial charge in [-0.25, -0.2) is 8.42 Å². The molecule has 1 N–H and O–H groups in total. The van der Waals surface area contributed by atoms with Crippen LogP contribution in [0.2, 0.25) is 5.02 Å². The quantitative estimate of drug-likeness (QED) is 0.225. The molecular weight excluding hydrogens is 570 g/mol. The molecule has 4 rings (SSSR count). The van der Waals surface area contributed by atoms with Crippen LogP contribution in [-0.2, 0) is 32.6 Å². The van der Waals surface area contributed by atoms with E-state index in [9.17, 15) is 18.0 Å². The number of carbonyl (C=O) groups is 2. The van der Waals surface area contributed by atoms with Crippen molar-refractivity contribution in [2.45, 2.75) is 43.8 Å². The highest BCUT2D eigenvalue weighted by atomic mass is 35.5. The van der Waals surface area contributed by atoms with Gasteiger partial charge in [0.2, 0.25) is 11.8 Å². The Morgan fingerprint density at radius 2 is 1.29 bits per heavy atom. The van der Waals surface area contributed by atoms with Crippen LogP contribution in [0.5, 0.6) is 0 Å². The van der Waals surface area contributed by atoms with Crippen LogP contribution < -0.4 is 9.62 Å². The first-order valence-electron chi connectivity index (χ1n) is 13.7. The van der Waals surface area contributed by atoms with Crippen LogP contribution >= 0.6 is 11.6 Å². The lowest BCUT2D eigenvalue weighted by molar-refractivity contribution is -0.140. The van der Waals surface area contributed by atoms with Gasteiger partial charge in [-0.3, -0.25) is 13.9 Å². The topological polar surface area (TPSA) is 86.8 Å². The van der Waals surface area contributed by atoms with Gasteiger partial charge in [-0.15, -0.1) is 0 Å². The van der Waals surface area contributed by atoms with E-state index < -0.39 is 28.5 Å². The van der Waals surface area contributed by atoms with Gasteiger partial charge in [0.1, 0.15) is 12.6 Å². The SMILES string of the molecule is CC(C)NC(=O)[C@@H](Cc1ccccc1)N(Cc1ccccc1)C(=O)CN(c1ccccc1)S(=O)(=O)c1ccc(Cl)cc1. The summed E-state index contributed by atoms with van der Waals surface area (Å²) in [6.07, 6.45) is 0.257. The van der Waals surface area contributed by atoms with E-state index in [1.165, 1.54) is 29.2 Å². The molecule has 218 valence electrons. The van der Waals surface area contributed by atoms with E-state index >= 15 is 0 Å². The van der Waals surface area contributed by atoms with Crippen LogP contribution in [0.3, 0.4) is 0 Å². The summed E-state index contributed by atoms with van der Waals surface area (Å²) in [5, 5.41) is 3.35. The average Bonchev–Trinajstić information content (AvgIpc) is 2.99. The zero-order valence-electron chi connectivity index (χ0n) is 23.6. The summed E-state index contributed by atoms with van der Waals surface area (Å²) >= 11 is 6.02. The van der Waals surface area contributed by atoms with Crippen molar-refractivity contribution in [2.24, 2.45) is 0 Å². The molecule has 0 saturated carbocycles. The fourth-order valence-corrected chi connectivity index (χ4v) is 6.11. The number of hydrogen-bond acceptors (Lipinski definition) is 4. The third-order valence-electron chi connectivity index (χ3n) is 6.62. The highest BCUT2D eigenvalue weighted by Gasteiger charge is 2.34. The van der Waals surface area contributed by atoms with Gasteiger partial charge in [-0.05, 0) is 61.4 Å². The van der Waals surface area contributed by atoms with Crippen LogP contribution in [0, 0.1) is 0 Å². The zero-order valence-corrected chi connectivity index (χ0v) is 25.1. The molecule has 0 spiro atoms. The Kier molecular flexibility index (Phi) is 10.4. The van der Waals surface area contributed by atoms with Crippen molar-refractivity contribution in [3.8, 4) is 0 Å². The van der Waals surface area contributed by atoms with Gasteiger partial charge in [0.05, 0.1) is 10.6 Å². The van der Waals surface area contributed by atoms with E-state index in [-0.39, 0.29) is 29.8 Å². The van der Waals surface area contributed by atoms with E-state index in [2.05, 4.69) is 5.32 Å². The number of hydrogen-bond donors (Lipinski definition) is 1. The normalized spacial score (nSPS) is 12.0. The summed E-state index contributed by atoms with van der Waals surface area (Å²) in [5.74, 6) is -0.829. The first-order chi connectivity index (χ1) is 20.1. The largest absolute Gasteiger partial charge is 0.352 e. The van der Waals surface area contributed by atoms with Crippen molar-refractivity contribution >= 4 is 39.1 Å². The van der Waals surface area contributed by atoms with Crippen LogP contribution in [0.25, 0.3) is 0 Å². The van der Waals surface area contributed by atoms with Crippen molar-refractivity contribution in [1.29, 1.82) is 0 Å². The molecule has 2 amide bonds. The molecule has 0 radical (unpaired) electrons. The Hall–Kier alpha value is -4.14. The predicted octanol–water partition coefficient (Wildman–Crippen LogP) is 5.70. The van der Waals surface area contributed by atoms with Crippen molar-refractivity contribution in [3.63, 3.8) is 0 Å². The molecule has 4 aromatic rings. The lowest BCUT2D eigenvalue weighted by atomic mass is 10.0. The molecule has 0 aromatic heterocycles. The molecule has 0 aliphatic heterocycles. The summed E-state index contributed by atoms with van der Waals surface area (Å²) < 4.78 is 28.9. The number of sulfonamides is 1. The maximum atomic E-state index is 14.3. The molecule has 9 heteroatoms. The number of halogens is 1. The highest BCUT2D eigenvalue weighted by molar-refractivity contribution is 7.92. The number of rotatable bonds is 12. The van der Waals surface area contributed by atoms with Crippen LogP contribution in [0.1, 0.15) is 25.0 Å². The van der Waals surface area contributed by atoms with Crippen LogP contribution in [0.4, 0.5) is 5.69 Å². The van der Waals surface area contributed by atoms with Crippen LogP contribution in [-0.4, -0.2) is 43.8 Å². The molecule has 0 aliphatic rings. The standard InChI is InChI=1S/C33H34ClN3O4S/c1-25(2)35-33(39)31(22-26-12-6-3-7-13-26)36(23-27-14-8-4-9-15-27)32(38)24-37(29-16-10-5-11-17-29)42(40,41)30-20-18-28(34)19-21-30/h3-21,25,31H,22-24H2,1-2H3,(H,35,39)/t31-/m1/s1. The van der Waals surface area contributed by atoms with Crippen LogP contribution in [0.15, 0.2) is 120 Å². The Balaban J connectivity index is 1.77. The number of nitrogens with zero attached hydrogens (tertiary/aromatic N) is 2.